The highest BCUT2D eigenvalue weighted by Gasteiger charge is 2.34. The van der Waals surface area contributed by atoms with Crippen molar-refractivity contribution < 1.29 is 14.6 Å². The lowest BCUT2D eigenvalue weighted by Crippen LogP contribution is -2.44. The smallest absolute Gasteiger partial charge is 0.191 e. The Labute approximate surface area is 160 Å². The van der Waals surface area contributed by atoms with E-state index >= 15 is 0 Å². The fourth-order valence-corrected chi connectivity index (χ4v) is 3.27. The molecule has 0 amide bonds. The average Bonchev–Trinajstić information content (AvgIpc) is 3.08. The van der Waals surface area contributed by atoms with E-state index in [0.717, 1.165) is 61.3 Å². The van der Waals surface area contributed by atoms with Crippen LogP contribution in [0.4, 0.5) is 0 Å². The number of aliphatic hydroxyl groups excluding tert-OH is 1. The SMILES string of the molecule is CN=C(NCCCOc1ccc(Cl)cc1C)NCC1(CCO)CCOC1. The number of aryl methyl sites for hydroxylation is 1. The molecule has 7 heteroatoms. The van der Waals surface area contributed by atoms with Gasteiger partial charge in [0.05, 0.1) is 13.2 Å². The van der Waals surface area contributed by atoms with Crippen LogP contribution in [-0.2, 0) is 4.74 Å². The summed E-state index contributed by atoms with van der Waals surface area (Å²) in [4.78, 5) is 4.26. The maximum atomic E-state index is 9.29. The van der Waals surface area contributed by atoms with Crippen LogP contribution in [0.25, 0.3) is 0 Å². The normalized spacial score (nSPS) is 20.2. The molecule has 3 N–H and O–H groups in total. The van der Waals surface area contributed by atoms with Crippen molar-refractivity contribution in [3.63, 3.8) is 0 Å². The fourth-order valence-electron chi connectivity index (χ4n) is 3.04. The van der Waals surface area contributed by atoms with Crippen LogP contribution in [0.15, 0.2) is 23.2 Å². The van der Waals surface area contributed by atoms with Gasteiger partial charge in [-0.25, -0.2) is 0 Å². The largest absolute Gasteiger partial charge is 0.493 e. The summed E-state index contributed by atoms with van der Waals surface area (Å²) >= 11 is 5.95. The molecular formula is C19H30ClN3O3. The van der Waals surface area contributed by atoms with Gasteiger partial charge in [0.15, 0.2) is 5.96 Å². The van der Waals surface area contributed by atoms with Gasteiger partial charge in [-0.15, -0.1) is 0 Å². The quantitative estimate of drug-likeness (QED) is 0.347. The van der Waals surface area contributed by atoms with Crippen LogP contribution in [0.3, 0.4) is 0 Å². The number of hydrogen-bond donors (Lipinski definition) is 3. The molecule has 1 aromatic carbocycles. The summed E-state index contributed by atoms with van der Waals surface area (Å²) in [5.74, 6) is 1.63. The van der Waals surface area contributed by atoms with Gasteiger partial charge in [-0.3, -0.25) is 4.99 Å². The lowest BCUT2D eigenvalue weighted by Gasteiger charge is -2.27. The number of ether oxygens (including phenoxy) is 2. The molecule has 146 valence electrons. The maximum absolute atomic E-state index is 9.29. The van der Waals surface area contributed by atoms with E-state index in [1.165, 1.54) is 0 Å². The third-order valence-electron chi connectivity index (χ3n) is 4.69. The van der Waals surface area contributed by atoms with Gasteiger partial charge in [-0.05, 0) is 49.9 Å². The van der Waals surface area contributed by atoms with Gasteiger partial charge in [-0.1, -0.05) is 11.6 Å². The first-order valence-corrected chi connectivity index (χ1v) is 9.48. The molecule has 0 aliphatic carbocycles. The predicted octanol–water partition coefficient (Wildman–Crippen LogP) is 2.37. The number of aliphatic imine (C=N–C) groups is 1. The van der Waals surface area contributed by atoms with Gasteiger partial charge in [0, 0.05) is 43.8 Å². The molecule has 1 aliphatic heterocycles. The number of nitrogens with zero attached hydrogens (tertiary/aromatic N) is 1. The van der Waals surface area contributed by atoms with Gasteiger partial charge >= 0.3 is 0 Å². The topological polar surface area (TPSA) is 75.1 Å². The molecule has 1 fully saturated rings. The zero-order chi connectivity index (χ0) is 18.8. The molecule has 1 atom stereocenters. The number of nitrogens with one attached hydrogen (secondary N) is 2. The van der Waals surface area contributed by atoms with Gasteiger partial charge < -0.3 is 25.2 Å². The third kappa shape index (κ3) is 6.34. The standard InChI is InChI=1S/C19H30ClN3O3/c1-15-12-16(20)4-5-17(15)26-10-3-8-22-18(21-2)23-13-19(6-9-24)7-11-25-14-19/h4-5,12,24H,3,6-11,13-14H2,1-2H3,(H2,21,22,23). The van der Waals surface area contributed by atoms with Crippen molar-refractivity contribution in [3.05, 3.63) is 28.8 Å². The minimum absolute atomic E-state index is 0.00158. The van der Waals surface area contributed by atoms with E-state index in [4.69, 9.17) is 21.1 Å². The number of benzene rings is 1. The van der Waals surface area contributed by atoms with Crippen LogP contribution in [0.2, 0.25) is 5.02 Å². The van der Waals surface area contributed by atoms with Gasteiger partial charge in [0.25, 0.3) is 0 Å². The summed E-state index contributed by atoms with van der Waals surface area (Å²) < 4.78 is 11.3. The average molecular weight is 384 g/mol. The summed E-state index contributed by atoms with van der Waals surface area (Å²) in [6.45, 7) is 5.73. The lowest BCUT2D eigenvalue weighted by atomic mass is 9.84. The van der Waals surface area contributed by atoms with Crippen molar-refractivity contribution in [2.24, 2.45) is 10.4 Å². The van der Waals surface area contributed by atoms with E-state index in [2.05, 4.69) is 15.6 Å². The van der Waals surface area contributed by atoms with Crippen molar-refractivity contribution in [2.45, 2.75) is 26.2 Å². The van der Waals surface area contributed by atoms with Crippen molar-refractivity contribution in [2.75, 3.05) is 46.6 Å². The van der Waals surface area contributed by atoms with E-state index in [9.17, 15) is 5.11 Å². The van der Waals surface area contributed by atoms with Crippen LogP contribution < -0.4 is 15.4 Å². The third-order valence-corrected chi connectivity index (χ3v) is 4.92. The van der Waals surface area contributed by atoms with Crippen LogP contribution in [-0.4, -0.2) is 57.6 Å². The van der Waals surface area contributed by atoms with Crippen molar-refractivity contribution in [1.29, 1.82) is 0 Å². The highest BCUT2D eigenvalue weighted by molar-refractivity contribution is 6.30. The summed E-state index contributed by atoms with van der Waals surface area (Å²) in [6.07, 6.45) is 2.56. The maximum Gasteiger partial charge on any atom is 0.191 e. The second-order valence-corrected chi connectivity index (χ2v) is 7.18. The van der Waals surface area contributed by atoms with E-state index in [1.807, 2.05) is 25.1 Å². The van der Waals surface area contributed by atoms with Gasteiger partial charge in [0.1, 0.15) is 5.75 Å². The zero-order valence-corrected chi connectivity index (χ0v) is 16.4. The molecule has 6 nitrogen and oxygen atoms in total. The minimum atomic E-state index is 0.00158. The zero-order valence-electron chi connectivity index (χ0n) is 15.7. The molecule has 1 unspecified atom stereocenters. The Bertz CT molecular complexity index is 589. The monoisotopic (exact) mass is 383 g/mol. The molecule has 0 aromatic heterocycles. The van der Waals surface area contributed by atoms with Gasteiger partial charge in [0.2, 0.25) is 0 Å². The fraction of sp³-hybridized carbons (Fsp3) is 0.632. The Hall–Kier alpha value is -1.50. The number of guanidine groups is 1. The first kappa shape index (κ1) is 20.8. The van der Waals surface area contributed by atoms with E-state index in [1.54, 1.807) is 7.05 Å². The summed E-state index contributed by atoms with van der Waals surface area (Å²) in [7, 11) is 1.76. The molecule has 1 aromatic rings. The number of rotatable bonds is 9. The second-order valence-electron chi connectivity index (χ2n) is 6.74. The predicted molar refractivity (Wildman–Crippen MR) is 105 cm³/mol. The molecule has 1 heterocycles. The van der Waals surface area contributed by atoms with Crippen LogP contribution in [0.1, 0.15) is 24.8 Å². The summed E-state index contributed by atoms with van der Waals surface area (Å²) in [5.41, 5.74) is 1.04. The molecule has 0 radical (unpaired) electrons. The number of halogens is 1. The van der Waals surface area contributed by atoms with Gasteiger partial charge in [-0.2, -0.15) is 0 Å². The summed E-state index contributed by atoms with van der Waals surface area (Å²) in [5, 5.41) is 16.7. The van der Waals surface area contributed by atoms with E-state index < -0.39 is 0 Å². The Balaban J connectivity index is 1.67. The van der Waals surface area contributed by atoms with Crippen LogP contribution >= 0.6 is 11.6 Å². The molecule has 0 bridgehead atoms. The Morgan fingerprint density at radius 3 is 2.92 bits per heavy atom. The Morgan fingerprint density at radius 2 is 2.27 bits per heavy atom. The highest BCUT2D eigenvalue weighted by atomic mass is 35.5. The molecule has 0 saturated carbocycles. The van der Waals surface area contributed by atoms with Crippen molar-refractivity contribution in [1.82, 2.24) is 10.6 Å². The Morgan fingerprint density at radius 1 is 1.42 bits per heavy atom. The first-order valence-electron chi connectivity index (χ1n) is 9.11. The second kappa shape index (κ2) is 10.6. The van der Waals surface area contributed by atoms with E-state index in [0.29, 0.717) is 13.2 Å². The molecule has 26 heavy (non-hydrogen) atoms. The first-order chi connectivity index (χ1) is 12.6. The molecule has 2 rings (SSSR count). The molecule has 0 spiro atoms. The van der Waals surface area contributed by atoms with Crippen molar-refractivity contribution >= 4 is 17.6 Å². The number of hydrogen-bond acceptors (Lipinski definition) is 4. The van der Waals surface area contributed by atoms with Crippen LogP contribution in [0.5, 0.6) is 5.75 Å². The number of aliphatic hydroxyl groups is 1. The minimum Gasteiger partial charge on any atom is -0.493 e. The summed E-state index contributed by atoms with van der Waals surface area (Å²) in [6, 6.07) is 5.63. The highest BCUT2D eigenvalue weighted by Crippen LogP contribution is 2.31. The van der Waals surface area contributed by atoms with E-state index in [-0.39, 0.29) is 12.0 Å². The molecule has 1 saturated heterocycles. The van der Waals surface area contributed by atoms with Crippen molar-refractivity contribution in [3.8, 4) is 5.75 Å². The molecular weight excluding hydrogens is 354 g/mol. The van der Waals surface area contributed by atoms with Crippen LogP contribution in [0, 0.1) is 12.3 Å². The molecule has 1 aliphatic rings. The Kier molecular flexibility index (Phi) is 8.48. The lowest BCUT2D eigenvalue weighted by molar-refractivity contribution is 0.127.